The van der Waals surface area contributed by atoms with E-state index in [0.717, 1.165) is 36.9 Å². The lowest BCUT2D eigenvalue weighted by Gasteiger charge is -2.10. The molecular formula is C32H17NO3S. The molecule has 0 atom stereocenters. The Morgan fingerprint density at radius 1 is 0.514 bits per heavy atom. The lowest BCUT2D eigenvalue weighted by molar-refractivity contribution is 0.660. The minimum Gasteiger partial charge on any atom is -0.456 e. The summed E-state index contributed by atoms with van der Waals surface area (Å²) in [7, 11) is 0. The Morgan fingerprint density at radius 3 is 1.89 bits per heavy atom. The molecule has 0 amide bonds. The fourth-order valence-electron chi connectivity index (χ4n) is 5.48. The number of benzene rings is 5. The summed E-state index contributed by atoms with van der Waals surface area (Å²) in [5, 5.41) is 4.57. The van der Waals surface area contributed by atoms with Crippen LogP contribution in [0.25, 0.3) is 69.6 Å². The average Bonchev–Trinajstić information content (AvgIpc) is 3.27. The predicted molar refractivity (Wildman–Crippen MR) is 153 cm³/mol. The van der Waals surface area contributed by atoms with Crippen LogP contribution < -0.4 is 10.9 Å². The number of hydrogen-bond acceptors (Lipinski definition) is 4. The van der Waals surface area contributed by atoms with Crippen molar-refractivity contribution < 1.29 is 4.42 Å². The predicted octanol–water partition coefficient (Wildman–Crippen LogP) is 7.77. The second-order valence-corrected chi connectivity index (χ2v) is 10.3. The number of hydrogen-bond donors (Lipinski definition) is 0. The van der Waals surface area contributed by atoms with E-state index in [4.69, 9.17) is 4.42 Å². The molecule has 174 valence electrons. The van der Waals surface area contributed by atoms with Crippen molar-refractivity contribution in [1.29, 1.82) is 0 Å². The zero-order chi connectivity index (χ0) is 24.7. The van der Waals surface area contributed by atoms with Crippen molar-refractivity contribution in [2.75, 3.05) is 0 Å². The van der Waals surface area contributed by atoms with Gasteiger partial charge in [0.15, 0.2) is 5.43 Å². The van der Waals surface area contributed by atoms with E-state index in [2.05, 4.69) is 28.8 Å². The van der Waals surface area contributed by atoms with Crippen LogP contribution in [0.3, 0.4) is 0 Å². The van der Waals surface area contributed by atoms with Crippen molar-refractivity contribution in [3.8, 4) is 5.69 Å². The molecule has 0 N–H and O–H groups in total. The van der Waals surface area contributed by atoms with Gasteiger partial charge in [0.25, 0.3) is 0 Å². The van der Waals surface area contributed by atoms with Gasteiger partial charge in [-0.25, -0.2) is 0 Å². The van der Waals surface area contributed by atoms with E-state index in [9.17, 15) is 9.59 Å². The summed E-state index contributed by atoms with van der Waals surface area (Å²) in [4.78, 5) is 26.9. The minimum absolute atomic E-state index is 0.0456. The molecule has 0 aliphatic carbocycles. The highest BCUT2D eigenvalue weighted by molar-refractivity contribution is 7.24. The monoisotopic (exact) mass is 495 g/mol. The molecule has 0 fully saturated rings. The van der Waals surface area contributed by atoms with Gasteiger partial charge in [-0.05, 0) is 54.6 Å². The Balaban J connectivity index is 1.44. The molecule has 0 saturated heterocycles. The third-order valence-electron chi connectivity index (χ3n) is 7.19. The first-order valence-corrected chi connectivity index (χ1v) is 12.8. The second-order valence-electron chi connectivity index (χ2n) is 9.25. The Bertz CT molecular complexity index is 2300. The van der Waals surface area contributed by atoms with Gasteiger partial charge in [-0.2, -0.15) is 0 Å². The summed E-state index contributed by atoms with van der Waals surface area (Å²) in [6, 6.07) is 33.4. The summed E-state index contributed by atoms with van der Waals surface area (Å²) in [6.07, 6.45) is 0. The van der Waals surface area contributed by atoms with Crippen LogP contribution in [-0.2, 0) is 0 Å². The highest BCUT2D eigenvalue weighted by Crippen LogP contribution is 2.33. The van der Waals surface area contributed by atoms with Crippen molar-refractivity contribution in [2.24, 2.45) is 0 Å². The molecular weight excluding hydrogens is 478 g/mol. The lowest BCUT2D eigenvalue weighted by Crippen LogP contribution is -2.06. The summed E-state index contributed by atoms with van der Waals surface area (Å²) in [5.74, 6) is 0. The minimum atomic E-state index is -0.103. The standard InChI is InChI=1S/C32H17NO3S/c34-31-21-9-3-6-12-29(21)37-30-17-23-28(16-24(30)31)36-27-14-13-18(15-22(27)32(23)35)33-25-10-4-1-7-19(25)20-8-2-5-11-26(20)33/h1-17H. The van der Waals surface area contributed by atoms with Gasteiger partial charge in [-0.3, -0.25) is 9.59 Å². The van der Waals surface area contributed by atoms with Gasteiger partial charge < -0.3 is 8.98 Å². The van der Waals surface area contributed by atoms with Crippen molar-refractivity contribution in [3.05, 3.63) is 124 Å². The fourth-order valence-corrected chi connectivity index (χ4v) is 6.57. The first kappa shape index (κ1) is 20.5. The number of aromatic nitrogens is 1. The quantitative estimate of drug-likeness (QED) is 0.219. The third-order valence-corrected chi connectivity index (χ3v) is 8.32. The van der Waals surface area contributed by atoms with Crippen LogP contribution >= 0.6 is 11.3 Å². The molecule has 0 spiro atoms. The summed E-state index contributed by atoms with van der Waals surface area (Å²) >= 11 is 1.51. The zero-order valence-corrected chi connectivity index (χ0v) is 20.2. The summed E-state index contributed by atoms with van der Waals surface area (Å²) in [5.41, 5.74) is 3.83. The Labute approximate surface area is 213 Å². The molecule has 0 aliphatic rings. The average molecular weight is 496 g/mol. The van der Waals surface area contributed by atoms with E-state index in [-0.39, 0.29) is 10.9 Å². The van der Waals surface area contributed by atoms with E-state index in [0.29, 0.717) is 32.7 Å². The molecule has 5 heteroatoms. The first-order valence-electron chi connectivity index (χ1n) is 12.0. The van der Waals surface area contributed by atoms with Crippen molar-refractivity contribution in [2.45, 2.75) is 0 Å². The van der Waals surface area contributed by atoms with Crippen LogP contribution in [0.1, 0.15) is 0 Å². The van der Waals surface area contributed by atoms with Gasteiger partial charge in [-0.1, -0.05) is 48.5 Å². The van der Waals surface area contributed by atoms with E-state index >= 15 is 0 Å². The molecule has 0 radical (unpaired) electrons. The lowest BCUT2D eigenvalue weighted by atomic mass is 10.1. The Kier molecular flexibility index (Phi) is 4.08. The third kappa shape index (κ3) is 2.83. The summed E-state index contributed by atoms with van der Waals surface area (Å²) in [6.45, 7) is 0. The molecule has 3 aromatic heterocycles. The van der Waals surface area contributed by atoms with Gasteiger partial charge in [0.1, 0.15) is 11.2 Å². The van der Waals surface area contributed by atoms with E-state index < -0.39 is 0 Å². The van der Waals surface area contributed by atoms with Crippen LogP contribution in [0.15, 0.2) is 117 Å². The molecule has 4 nitrogen and oxygen atoms in total. The van der Waals surface area contributed by atoms with Crippen molar-refractivity contribution >= 4 is 75.3 Å². The second kappa shape index (κ2) is 7.38. The summed E-state index contributed by atoms with van der Waals surface area (Å²) < 4.78 is 10.1. The Morgan fingerprint density at radius 2 is 1.14 bits per heavy atom. The Hall–Kier alpha value is -4.74. The highest BCUT2D eigenvalue weighted by Gasteiger charge is 2.16. The molecule has 8 rings (SSSR count). The molecule has 0 bridgehead atoms. The fraction of sp³-hybridized carbons (Fsp3) is 0. The molecule has 8 aromatic rings. The normalized spacial score (nSPS) is 12.0. The number of nitrogens with zero attached hydrogens (tertiary/aromatic N) is 1. The van der Waals surface area contributed by atoms with Gasteiger partial charge in [-0.15, -0.1) is 11.3 Å². The molecule has 0 aliphatic heterocycles. The van der Waals surface area contributed by atoms with E-state index in [1.807, 2.05) is 72.8 Å². The van der Waals surface area contributed by atoms with Crippen LogP contribution in [-0.4, -0.2) is 4.57 Å². The molecule has 5 aromatic carbocycles. The zero-order valence-electron chi connectivity index (χ0n) is 19.4. The van der Waals surface area contributed by atoms with Crippen LogP contribution in [0, 0.1) is 0 Å². The largest absolute Gasteiger partial charge is 0.456 e. The topological polar surface area (TPSA) is 52.2 Å². The maximum Gasteiger partial charge on any atom is 0.200 e. The van der Waals surface area contributed by atoms with Crippen LogP contribution in [0.5, 0.6) is 0 Å². The van der Waals surface area contributed by atoms with Gasteiger partial charge >= 0.3 is 0 Å². The smallest absolute Gasteiger partial charge is 0.200 e. The number of rotatable bonds is 1. The molecule has 37 heavy (non-hydrogen) atoms. The van der Waals surface area contributed by atoms with Crippen LogP contribution in [0.2, 0.25) is 0 Å². The number of para-hydroxylation sites is 2. The van der Waals surface area contributed by atoms with Crippen molar-refractivity contribution in [3.63, 3.8) is 0 Å². The molecule has 0 saturated carbocycles. The number of fused-ring (bicyclic) bond motifs is 7. The maximum atomic E-state index is 13.8. The molecule has 0 unspecified atom stereocenters. The van der Waals surface area contributed by atoms with E-state index in [1.165, 1.54) is 11.3 Å². The maximum absolute atomic E-state index is 13.8. The van der Waals surface area contributed by atoms with E-state index in [1.54, 1.807) is 6.07 Å². The van der Waals surface area contributed by atoms with Crippen LogP contribution in [0.4, 0.5) is 0 Å². The van der Waals surface area contributed by atoms with Gasteiger partial charge in [0.05, 0.1) is 21.8 Å². The van der Waals surface area contributed by atoms with Gasteiger partial charge in [0, 0.05) is 36.6 Å². The molecule has 3 heterocycles. The highest BCUT2D eigenvalue weighted by atomic mass is 32.1. The SMILES string of the molecule is O=c1c2cc(-n3c4ccccc4c4ccccc43)ccc2oc2cc3c(=O)c4ccccc4sc3cc12. The first-order chi connectivity index (χ1) is 18.2. The van der Waals surface area contributed by atoms with Gasteiger partial charge in [0.2, 0.25) is 5.43 Å². The van der Waals surface area contributed by atoms with Crippen molar-refractivity contribution in [1.82, 2.24) is 4.57 Å².